The van der Waals surface area contributed by atoms with Gasteiger partial charge in [-0.1, -0.05) is 45.1 Å². The van der Waals surface area contributed by atoms with Crippen LogP contribution in [0.2, 0.25) is 0 Å². The molecule has 1 saturated heterocycles. The number of unbranched alkanes of at least 4 members (excludes halogenated alkanes) is 6. The molecule has 0 radical (unpaired) electrons. The molecule has 1 aliphatic heterocycles. The molecule has 0 atom stereocenters. The van der Waals surface area contributed by atoms with Gasteiger partial charge in [0.1, 0.15) is 0 Å². The first-order valence-corrected chi connectivity index (χ1v) is 8.70. The molecule has 0 aliphatic carbocycles. The first-order valence-electron chi connectivity index (χ1n) is 8.70. The topological polar surface area (TPSA) is 44.4 Å². The summed E-state index contributed by atoms with van der Waals surface area (Å²) < 4.78 is 0. The molecule has 4 heteroatoms. The van der Waals surface area contributed by atoms with Crippen molar-refractivity contribution in [1.29, 1.82) is 0 Å². The van der Waals surface area contributed by atoms with E-state index in [2.05, 4.69) is 22.5 Å². The molecule has 0 aromatic carbocycles. The van der Waals surface area contributed by atoms with Crippen LogP contribution in [0.4, 0.5) is 0 Å². The van der Waals surface area contributed by atoms with Gasteiger partial charge in [-0.05, 0) is 18.9 Å². The molecule has 21 heavy (non-hydrogen) atoms. The third-order valence-corrected chi connectivity index (χ3v) is 3.93. The third kappa shape index (κ3) is 10.5. The van der Waals surface area contributed by atoms with E-state index < -0.39 is 0 Å². The van der Waals surface area contributed by atoms with Gasteiger partial charge in [-0.25, -0.2) is 0 Å². The Morgan fingerprint density at radius 2 is 1.86 bits per heavy atom. The van der Waals surface area contributed by atoms with Crippen LogP contribution in [0.15, 0.2) is 12.2 Å². The summed E-state index contributed by atoms with van der Waals surface area (Å²) >= 11 is 0. The fourth-order valence-corrected chi connectivity index (χ4v) is 2.56. The lowest BCUT2D eigenvalue weighted by Crippen LogP contribution is -2.46. The van der Waals surface area contributed by atoms with E-state index in [4.69, 9.17) is 0 Å². The average molecular weight is 295 g/mol. The Kier molecular flexibility index (Phi) is 11.1. The van der Waals surface area contributed by atoms with Crippen molar-refractivity contribution >= 4 is 5.91 Å². The Labute approximate surface area is 130 Å². The van der Waals surface area contributed by atoms with Crippen LogP contribution in [0, 0.1) is 0 Å². The van der Waals surface area contributed by atoms with Gasteiger partial charge < -0.3 is 10.6 Å². The van der Waals surface area contributed by atoms with Crippen molar-refractivity contribution in [3.05, 3.63) is 12.2 Å². The molecule has 0 aromatic heterocycles. The highest BCUT2D eigenvalue weighted by Gasteiger charge is 2.08. The minimum absolute atomic E-state index is 0.0520. The van der Waals surface area contributed by atoms with Crippen molar-refractivity contribution < 1.29 is 4.79 Å². The summed E-state index contributed by atoms with van der Waals surface area (Å²) in [5.41, 5.74) is 0. The Morgan fingerprint density at radius 1 is 1.14 bits per heavy atom. The third-order valence-electron chi connectivity index (χ3n) is 3.93. The number of rotatable bonds is 11. The van der Waals surface area contributed by atoms with Crippen molar-refractivity contribution in [2.45, 2.75) is 51.9 Å². The maximum absolute atomic E-state index is 11.6. The lowest BCUT2D eigenvalue weighted by Gasteiger charge is -2.26. The van der Waals surface area contributed by atoms with E-state index in [1.807, 2.05) is 6.08 Å². The number of allylic oxidation sites excluding steroid dienone is 1. The highest BCUT2D eigenvalue weighted by Crippen LogP contribution is 2.06. The molecule has 0 saturated carbocycles. The predicted octanol–water partition coefficient (Wildman–Crippen LogP) is 2.31. The Balaban J connectivity index is 1.91. The minimum Gasteiger partial charge on any atom is -0.351 e. The van der Waals surface area contributed by atoms with Crippen LogP contribution < -0.4 is 10.6 Å². The van der Waals surface area contributed by atoms with Crippen LogP contribution in [0.3, 0.4) is 0 Å². The normalized spacial score (nSPS) is 16.4. The molecule has 0 unspecified atom stereocenters. The van der Waals surface area contributed by atoms with E-state index in [9.17, 15) is 4.79 Å². The Bertz CT molecular complexity index is 286. The highest BCUT2D eigenvalue weighted by molar-refractivity contribution is 5.87. The average Bonchev–Trinajstić information content (AvgIpc) is 2.51. The summed E-state index contributed by atoms with van der Waals surface area (Å²) in [5.74, 6) is 0.0520. The van der Waals surface area contributed by atoms with Crippen molar-refractivity contribution in [3.63, 3.8) is 0 Å². The first kappa shape index (κ1) is 18.2. The van der Waals surface area contributed by atoms with Crippen LogP contribution in [-0.4, -0.2) is 50.1 Å². The molecular formula is C17H33N3O. The molecule has 0 aromatic rings. The molecule has 1 heterocycles. The molecule has 1 rings (SSSR count). The molecule has 1 amide bonds. The SMILES string of the molecule is CCCCCCCC/C=C/C(=O)NCCN1CCNCC1. The quantitative estimate of drug-likeness (QED) is 0.454. The number of amides is 1. The Hall–Kier alpha value is -0.870. The van der Waals surface area contributed by atoms with Gasteiger partial charge in [0.2, 0.25) is 5.91 Å². The summed E-state index contributed by atoms with van der Waals surface area (Å²) in [6.45, 7) is 8.24. The second kappa shape index (κ2) is 12.8. The molecule has 1 fully saturated rings. The molecule has 1 aliphatic rings. The van der Waals surface area contributed by atoms with Crippen molar-refractivity contribution in [3.8, 4) is 0 Å². The number of piperazine rings is 1. The number of hydrogen-bond acceptors (Lipinski definition) is 3. The smallest absolute Gasteiger partial charge is 0.243 e. The number of nitrogens with zero attached hydrogens (tertiary/aromatic N) is 1. The summed E-state index contributed by atoms with van der Waals surface area (Å²) in [6.07, 6.45) is 12.6. The van der Waals surface area contributed by atoms with E-state index in [0.29, 0.717) is 0 Å². The van der Waals surface area contributed by atoms with Gasteiger partial charge in [-0.3, -0.25) is 9.69 Å². The second-order valence-corrected chi connectivity index (χ2v) is 5.84. The summed E-state index contributed by atoms with van der Waals surface area (Å²) in [5, 5.41) is 6.29. The Morgan fingerprint density at radius 3 is 2.62 bits per heavy atom. The molecule has 0 bridgehead atoms. The first-order chi connectivity index (χ1) is 10.3. The molecule has 122 valence electrons. The van der Waals surface area contributed by atoms with Gasteiger partial charge in [-0.15, -0.1) is 0 Å². The fourth-order valence-electron chi connectivity index (χ4n) is 2.56. The van der Waals surface area contributed by atoms with E-state index in [0.717, 1.165) is 45.7 Å². The lowest BCUT2D eigenvalue weighted by molar-refractivity contribution is -0.116. The zero-order valence-electron chi connectivity index (χ0n) is 13.7. The summed E-state index contributed by atoms with van der Waals surface area (Å²) in [4.78, 5) is 14.0. The van der Waals surface area contributed by atoms with Gasteiger partial charge in [-0.2, -0.15) is 0 Å². The van der Waals surface area contributed by atoms with Gasteiger partial charge >= 0.3 is 0 Å². The van der Waals surface area contributed by atoms with Gasteiger partial charge in [0.15, 0.2) is 0 Å². The van der Waals surface area contributed by atoms with E-state index in [1.54, 1.807) is 6.08 Å². The molecule has 4 nitrogen and oxygen atoms in total. The van der Waals surface area contributed by atoms with Gasteiger partial charge in [0.05, 0.1) is 0 Å². The van der Waals surface area contributed by atoms with Gasteiger partial charge in [0.25, 0.3) is 0 Å². The van der Waals surface area contributed by atoms with E-state index in [-0.39, 0.29) is 5.91 Å². The zero-order chi connectivity index (χ0) is 15.2. The lowest BCUT2D eigenvalue weighted by atomic mass is 10.1. The standard InChI is InChI=1S/C17H33N3O/c1-2-3-4-5-6-7-8-9-10-17(21)19-13-16-20-14-11-18-12-15-20/h9-10,18H,2-8,11-16H2,1H3,(H,19,21)/b10-9+. The van der Waals surface area contributed by atoms with Gasteiger partial charge in [0, 0.05) is 39.3 Å². The summed E-state index contributed by atoms with van der Waals surface area (Å²) in [6, 6.07) is 0. The molecular weight excluding hydrogens is 262 g/mol. The maximum Gasteiger partial charge on any atom is 0.243 e. The van der Waals surface area contributed by atoms with Crippen LogP contribution in [0.25, 0.3) is 0 Å². The molecule has 0 spiro atoms. The van der Waals surface area contributed by atoms with Crippen molar-refractivity contribution in [1.82, 2.24) is 15.5 Å². The van der Waals surface area contributed by atoms with E-state index >= 15 is 0 Å². The molecule has 2 N–H and O–H groups in total. The highest BCUT2D eigenvalue weighted by atomic mass is 16.1. The number of hydrogen-bond donors (Lipinski definition) is 2. The second-order valence-electron chi connectivity index (χ2n) is 5.84. The monoisotopic (exact) mass is 295 g/mol. The van der Waals surface area contributed by atoms with Crippen LogP contribution in [0.5, 0.6) is 0 Å². The largest absolute Gasteiger partial charge is 0.351 e. The minimum atomic E-state index is 0.0520. The number of nitrogens with one attached hydrogen (secondary N) is 2. The van der Waals surface area contributed by atoms with Crippen molar-refractivity contribution in [2.75, 3.05) is 39.3 Å². The van der Waals surface area contributed by atoms with Crippen LogP contribution >= 0.6 is 0 Å². The maximum atomic E-state index is 11.6. The summed E-state index contributed by atoms with van der Waals surface area (Å²) in [7, 11) is 0. The van der Waals surface area contributed by atoms with Crippen LogP contribution in [-0.2, 0) is 4.79 Å². The zero-order valence-corrected chi connectivity index (χ0v) is 13.7. The predicted molar refractivity (Wildman–Crippen MR) is 89.5 cm³/mol. The number of carbonyl (C=O) groups is 1. The fraction of sp³-hybridized carbons (Fsp3) is 0.824. The van der Waals surface area contributed by atoms with Crippen LogP contribution in [0.1, 0.15) is 51.9 Å². The number of carbonyl (C=O) groups excluding carboxylic acids is 1. The van der Waals surface area contributed by atoms with Crippen molar-refractivity contribution in [2.24, 2.45) is 0 Å². The van der Waals surface area contributed by atoms with E-state index in [1.165, 1.54) is 38.5 Å².